The van der Waals surface area contributed by atoms with Gasteiger partial charge in [-0.2, -0.15) is 0 Å². The van der Waals surface area contributed by atoms with E-state index in [1.807, 2.05) is 18.6 Å². The van der Waals surface area contributed by atoms with Crippen LogP contribution < -0.4 is 5.73 Å². The summed E-state index contributed by atoms with van der Waals surface area (Å²) >= 11 is 0. The second-order valence-corrected chi connectivity index (χ2v) is 6.63. The van der Waals surface area contributed by atoms with Crippen LogP contribution in [0.1, 0.15) is 33.6 Å². The molecular weight excluding hydrogens is 290 g/mol. The molecule has 1 heteroatoms. The average molecular weight is 318 g/mol. The van der Waals surface area contributed by atoms with E-state index in [2.05, 4.69) is 64.3 Å². The van der Waals surface area contributed by atoms with Crippen molar-refractivity contribution in [3.05, 3.63) is 101 Å². The highest BCUT2D eigenvalue weighted by molar-refractivity contribution is 5.57. The van der Waals surface area contributed by atoms with Gasteiger partial charge in [0.2, 0.25) is 0 Å². The van der Waals surface area contributed by atoms with E-state index in [4.69, 9.17) is 5.73 Å². The van der Waals surface area contributed by atoms with Gasteiger partial charge in [0, 0.05) is 18.0 Å². The van der Waals surface area contributed by atoms with E-state index >= 15 is 0 Å². The average Bonchev–Trinajstić information content (AvgIpc) is 2.73. The molecule has 0 heterocycles. The molecule has 2 rings (SSSR count). The number of hydrogen-bond acceptors (Lipinski definition) is 1. The summed E-state index contributed by atoms with van der Waals surface area (Å²) in [6.45, 7) is 15.1. The Balaban J connectivity index is 2.24. The first-order chi connectivity index (χ1) is 11.4. The molecule has 1 nitrogen and oxygen atoms in total. The topological polar surface area (TPSA) is 26.0 Å². The second-order valence-electron chi connectivity index (χ2n) is 6.63. The van der Waals surface area contributed by atoms with Crippen LogP contribution >= 0.6 is 0 Å². The van der Waals surface area contributed by atoms with Crippen molar-refractivity contribution in [2.45, 2.75) is 33.6 Å². The Hall–Kier alpha value is -2.28. The van der Waals surface area contributed by atoms with Gasteiger partial charge in [0.05, 0.1) is 0 Å². The van der Waals surface area contributed by atoms with Crippen LogP contribution in [0.3, 0.4) is 0 Å². The van der Waals surface area contributed by atoms with Crippen molar-refractivity contribution in [3.8, 4) is 0 Å². The minimum atomic E-state index is 0.209. The van der Waals surface area contributed by atoms with Crippen LogP contribution in [0.15, 0.2) is 94.8 Å². The van der Waals surface area contributed by atoms with Crippen LogP contribution in [0.4, 0.5) is 0 Å². The number of rotatable bonds is 7. The molecule has 0 aromatic heterocycles. The first-order valence-electron chi connectivity index (χ1n) is 8.53. The summed E-state index contributed by atoms with van der Waals surface area (Å²) in [5, 5.41) is 0. The molecule has 125 valence electrons. The van der Waals surface area contributed by atoms with Crippen molar-refractivity contribution < 1.29 is 0 Å². The summed E-state index contributed by atoms with van der Waals surface area (Å²) in [5.41, 5.74) is 14.1. The zero-order valence-electron chi connectivity index (χ0n) is 15.1. The molecule has 24 heavy (non-hydrogen) atoms. The van der Waals surface area contributed by atoms with E-state index in [-0.39, 0.29) is 5.92 Å². The van der Waals surface area contributed by atoms with Gasteiger partial charge in [-0.25, -0.2) is 0 Å². The molecule has 0 saturated carbocycles. The quantitative estimate of drug-likeness (QED) is 0.582. The van der Waals surface area contributed by atoms with Crippen LogP contribution in [-0.2, 0) is 0 Å². The SMILES string of the molecule is C=C(/C=C(\C)CC)CC(C(=C)C1=CC(C)=C1)C1=C[CH]C=C(N)C=C1. The van der Waals surface area contributed by atoms with Gasteiger partial charge in [-0.15, -0.1) is 0 Å². The van der Waals surface area contributed by atoms with Crippen LogP contribution in [0, 0.1) is 12.3 Å². The normalized spacial score (nSPS) is 18.5. The van der Waals surface area contributed by atoms with Gasteiger partial charge in [0.15, 0.2) is 0 Å². The largest absolute Gasteiger partial charge is 0.399 e. The maximum atomic E-state index is 5.91. The zero-order valence-corrected chi connectivity index (χ0v) is 15.1. The lowest BCUT2D eigenvalue weighted by Crippen LogP contribution is -2.11. The standard InChI is InChI=1S/C23H28N/c1-6-16(2)12-17(3)15-23(19(5)21-13-18(4)14-21)20-8-7-9-22(24)11-10-20/h7-14,23H,3,5-6,15,24H2,1-2,4H3/b16-12+. The molecule has 0 bridgehead atoms. The van der Waals surface area contributed by atoms with Crippen molar-refractivity contribution in [1.82, 2.24) is 0 Å². The van der Waals surface area contributed by atoms with Gasteiger partial charge in [-0.05, 0) is 55.1 Å². The first-order valence-corrected chi connectivity index (χ1v) is 8.53. The minimum absolute atomic E-state index is 0.209. The lowest BCUT2D eigenvalue weighted by Gasteiger charge is -2.25. The maximum absolute atomic E-state index is 5.91. The third-order valence-corrected chi connectivity index (χ3v) is 4.48. The van der Waals surface area contributed by atoms with Crippen molar-refractivity contribution in [3.63, 3.8) is 0 Å². The third kappa shape index (κ3) is 4.61. The smallest absolute Gasteiger partial charge is 0.0279 e. The summed E-state index contributed by atoms with van der Waals surface area (Å²) in [5.74, 6) is 0.209. The number of nitrogens with two attached hydrogens (primary N) is 1. The van der Waals surface area contributed by atoms with Crippen molar-refractivity contribution in [2.75, 3.05) is 0 Å². The van der Waals surface area contributed by atoms with Gasteiger partial charge < -0.3 is 5.73 Å². The Morgan fingerprint density at radius 3 is 2.54 bits per heavy atom. The van der Waals surface area contributed by atoms with E-state index in [1.165, 1.54) is 22.3 Å². The highest BCUT2D eigenvalue weighted by atomic mass is 14.6. The number of hydrogen-bond donors (Lipinski definition) is 1. The van der Waals surface area contributed by atoms with E-state index in [0.717, 1.165) is 29.7 Å². The molecule has 2 aliphatic rings. The molecule has 2 aliphatic carbocycles. The molecule has 1 radical (unpaired) electrons. The van der Waals surface area contributed by atoms with Gasteiger partial charge in [0.25, 0.3) is 0 Å². The minimum Gasteiger partial charge on any atom is -0.399 e. The molecule has 0 amide bonds. The molecule has 1 unspecified atom stereocenters. The van der Waals surface area contributed by atoms with Crippen LogP contribution in [0.2, 0.25) is 0 Å². The number of allylic oxidation sites excluding steroid dienone is 13. The Kier molecular flexibility index (Phi) is 6.03. The summed E-state index contributed by atoms with van der Waals surface area (Å²) in [7, 11) is 0. The summed E-state index contributed by atoms with van der Waals surface area (Å²) in [6, 6.07) is 0. The summed E-state index contributed by atoms with van der Waals surface area (Å²) in [6.07, 6.45) is 18.6. The highest BCUT2D eigenvalue weighted by Crippen LogP contribution is 2.36. The fourth-order valence-corrected chi connectivity index (χ4v) is 2.88. The Morgan fingerprint density at radius 2 is 1.92 bits per heavy atom. The molecule has 1 atom stereocenters. The Labute approximate surface area is 147 Å². The van der Waals surface area contributed by atoms with Crippen molar-refractivity contribution >= 4 is 0 Å². The first kappa shape index (κ1) is 18.1. The molecular formula is C23H28N. The zero-order chi connectivity index (χ0) is 17.7. The second kappa shape index (κ2) is 8.01. The van der Waals surface area contributed by atoms with Gasteiger partial charge >= 0.3 is 0 Å². The van der Waals surface area contributed by atoms with Gasteiger partial charge in [-0.3, -0.25) is 0 Å². The van der Waals surface area contributed by atoms with Gasteiger partial charge in [0.1, 0.15) is 0 Å². The highest BCUT2D eigenvalue weighted by Gasteiger charge is 2.21. The van der Waals surface area contributed by atoms with Crippen LogP contribution in [0.5, 0.6) is 0 Å². The molecule has 0 aliphatic heterocycles. The van der Waals surface area contributed by atoms with E-state index in [0.29, 0.717) is 0 Å². The van der Waals surface area contributed by atoms with Crippen molar-refractivity contribution in [2.24, 2.45) is 11.7 Å². The monoisotopic (exact) mass is 318 g/mol. The predicted octanol–water partition coefficient (Wildman–Crippen LogP) is 5.89. The molecule has 0 fully saturated rings. The summed E-state index contributed by atoms with van der Waals surface area (Å²) < 4.78 is 0. The maximum Gasteiger partial charge on any atom is 0.0279 e. The molecule has 0 saturated heterocycles. The van der Waals surface area contributed by atoms with E-state index in [9.17, 15) is 0 Å². The summed E-state index contributed by atoms with van der Waals surface area (Å²) in [4.78, 5) is 0. The lowest BCUT2D eigenvalue weighted by atomic mass is 9.79. The van der Waals surface area contributed by atoms with Gasteiger partial charge in [-0.1, -0.05) is 67.7 Å². The van der Waals surface area contributed by atoms with Crippen LogP contribution in [0.25, 0.3) is 0 Å². The fraction of sp³-hybridized carbons (Fsp3) is 0.261. The Bertz CT molecular complexity index is 717. The Morgan fingerprint density at radius 1 is 1.21 bits per heavy atom. The van der Waals surface area contributed by atoms with E-state index in [1.54, 1.807) is 0 Å². The van der Waals surface area contributed by atoms with E-state index < -0.39 is 0 Å². The molecule has 0 aromatic carbocycles. The van der Waals surface area contributed by atoms with Crippen molar-refractivity contribution in [1.29, 1.82) is 0 Å². The third-order valence-electron chi connectivity index (χ3n) is 4.48. The fourth-order valence-electron chi connectivity index (χ4n) is 2.88. The molecule has 0 spiro atoms. The lowest BCUT2D eigenvalue weighted by molar-refractivity contribution is 0.737. The van der Waals surface area contributed by atoms with Crippen LogP contribution in [-0.4, -0.2) is 0 Å². The molecule has 0 aromatic rings. The molecule has 2 N–H and O–H groups in total. The predicted molar refractivity (Wildman–Crippen MR) is 106 cm³/mol.